The number of nitrogens with zero attached hydrogens (tertiary/aromatic N) is 1. The van der Waals surface area contributed by atoms with Crippen molar-refractivity contribution in [2.45, 2.75) is 57.9 Å². The zero-order valence-electron chi connectivity index (χ0n) is 21.4. The number of furan rings is 1. The number of aromatic hydroxyl groups is 1. The van der Waals surface area contributed by atoms with Crippen LogP contribution in [0.4, 0.5) is 0 Å². The SMILES string of the molecule is C=C(C)COc1ccc(-c2c3oc4c(O)c(=O)ccc4c3[nH]c3c2c(=O)[nH]n3C2CCCCCCC2)cc1. The number of nitrogens with one attached hydrogen (secondary N) is 2. The fraction of sp³-hybridized carbons (Fsp3) is 0.333. The van der Waals surface area contributed by atoms with Gasteiger partial charge in [0, 0.05) is 10.9 Å². The Labute approximate surface area is 218 Å². The summed E-state index contributed by atoms with van der Waals surface area (Å²) < 4.78 is 13.9. The van der Waals surface area contributed by atoms with E-state index in [0.29, 0.717) is 45.4 Å². The Morgan fingerprint density at radius 2 is 1.76 bits per heavy atom. The number of fused-ring (bicyclic) bond motifs is 4. The average Bonchev–Trinajstić information content (AvgIpc) is 3.42. The Morgan fingerprint density at radius 3 is 2.47 bits per heavy atom. The predicted molar refractivity (Wildman–Crippen MR) is 149 cm³/mol. The highest BCUT2D eigenvalue weighted by molar-refractivity contribution is 6.15. The van der Waals surface area contributed by atoms with Crippen LogP contribution in [-0.2, 0) is 0 Å². The molecule has 8 nitrogen and oxygen atoms in total. The van der Waals surface area contributed by atoms with Crippen molar-refractivity contribution in [3.8, 4) is 22.6 Å². The first-order valence-electron chi connectivity index (χ1n) is 13.2. The summed E-state index contributed by atoms with van der Waals surface area (Å²) >= 11 is 0. The van der Waals surface area contributed by atoms with E-state index in [4.69, 9.17) is 9.15 Å². The highest BCUT2D eigenvalue weighted by Crippen LogP contribution is 2.41. The summed E-state index contributed by atoms with van der Waals surface area (Å²) in [6.45, 7) is 6.19. The summed E-state index contributed by atoms with van der Waals surface area (Å²) in [6, 6.07) is 10.6. The zero-order valence-corrected chi connectivity index (χ0v) is 21.4. The molecule has 0 radical (unpaired) electrons. The third-order valence-corrected chi connectivity index (χ3v) is 7.51. The molecule has 1 saturated carbocycles. The molecule has 3 N–H and O–H groups in total. The number of phenols is 1. The third-order valence-electron chi connectivity index (χ3n) is 7.51. The summed E-state index contributed by atoms with van der Waals surface area (Å²) in [5.41, 5.74) is 3.37. The van der Waals surface area contributed by atoms with Crippen molar-refractivity contribution in [2.75, 3.05) is 6.61 Å². The van der Waals surface area contributed by atoms with E-state index in [1.807, 2.05) is 35.9 Å². The highest BCUT2D eigenvalue weighted by Gasteiger charge is 2.25. The van der Waals surface area contributed by atoms with E-state index < -0.39 is 11.2 Å². The molecule has 1 aliphatic rings. The summed E-state index contributed by atoms with van der Waals surface area (Å²) in [7, 11) is 0. The fourth-order valence-corrected chi connectivity index (χ4v) is 5.63. The van der Waals surface area contributed by atoms with Crippen molar-refractivity contribution in [3.05, 3.63) is 69.1 Å². The quantitative estimate of drug-likeness (QED) is 0.231. The lowest BCUT2D eigenvalue weighted by molar-refractivity contribution is 0.353. The van der Waals surface area contributed by atoms with Crippen LogP contribution in [0.5, 0.6) is 11.5 Å². The number of benzene rings is 2. The van der Waals surface area contributed by atoms with Crippen LogP contribution < -0.4 is 15.7 Å². The number of hydrogen-bond acceptors (Lipinski definition) is 5. The van der Waals surface area contributed by atoms with Gasteiger partial charge in [-0.2, -0.15) is 0 Å². The smallest absolute Gasteiger partial charge is 0.274 e. The van der Waals surface area contributed by atoms with Gasteiger partial charge in [0.2, 0.25) is 11.2 Å². The lowest BCUT2D eigenvalue weighted by atomic mass is 9.96. The molecule has 3 heterocycles. The minimum atomic E-state index is -0.515. The Hall–Kier alpha value is -4.20. The van der Waals surface area contributed by atoms with Crippen LogP contribution in [0.2, 0.25) is 0 Å². The van der Waals surface area contributed by atoms with Crippen molar-refractivity contribution in [1.82, 2.24) is 14.8 Å². The number of pyridine rings is 1. The minimum absolute atomic E-state index is 0.105. The number of aromatic nitrogens is 3. The maximum absolute atomic E-state index is 13.5. The molecule has 0 unspecified atom stereocenters. The molecule has 0 bridgehead atoms. The molecule has 6 rings (SSSR count). The Bertz CT molecular complexity index is 1780. The van der Waals surface area contributed by atoms with Gasteiger partial charge in [0.1, 0.15) is 18.0 Å². The molecule has 1 aliphatic carbocycles. The first kappa shape index (κ1) is 24.2. The van der Waals surface area contributed by atoms with Gasteiger partial charge in [0.15, 0.2) is 11.2 Å². The zero-order chi connectivity index (χ0) is 26.4. The van der Waals surface area contributed by atoms with Crippen LogP contribution in [0.3, 0.4) is 0 Å². The van der Waals surface area contributed by atoms with Gasteiger partial charge in [-0.3, -0.25) is 19.4 Å². The number of aromatic amines is 2. The Balaban J connectivity index is 1.62. The second-order valence-electron chi connectivity index (χ2n) is 10.4. The molecule has 2 aromatic carbocycles. The molecule has 38 heavy (non-hydrogen) atoms. The van der Waals surface area contributed by atoms with Crippen molar-refractivity contribution in [3.63, 3.8) is 0 Å². The van der Waals surface area contributed by atoms with E-state index in [2.05, 4.69) is 16.7 Å². The number of ether oxygens (including phenoxy) is 1. The maximum Gasteiger partial charge on any atom is 0.274 e. The molecule has 8 heteroatoms. The summed E-state index contributed by atoms with van der Waals surface area (Å²) in [5, 5.41) is 14.7. The van der Waals surface area contributed by atoms with Crippen LogP contribution in [-0.4, -0.2) is 26.5 Å². The molecule has 196 valence electrons. The van der Waals surface area contributed by atoms with Crippen molar-refractivity contribution in [2.24, 2.45) is 0 Å². The predicted octanol–water partition coefficient (Wildman–Crippen LogP) is 6.53. The number of H-pyrrole nitrogens is 2. The van der Waals surface area contributed by atoms with Crippen molar-refractivity contribution >= 4 is 33.1 Å². The lowest BCUT2D eigenvalue weighted by Gasteiger charge is -2.21. The van der Waals surface area contributed by atoms with Gasteiger partial charge in [-0.1, -0.05) is 50.8 Å². The summed E-state index contributed by atoms with van der Waals surface area (Å²) in [4.78, 5) is 29.2. The third kappa shape index (κ3) is 4.10. The van der Waals surface area contributed by atoms with Crippen LogP contribution in [0, 0.1) is 0 Å². The second-order valence-corrected chi connectivity index (χ2v) is 10.4. The molecule has 0 spiro atoms. The second kappa shape index (κ2) is 9.59. The van der Waals surface area contributed by atoms with Gasteiger partial charge < -0.3 is 19.2 Å². The largest absolute Gasteiger partial charge is 0.502 e. The summed E-state index contributed by atoms with van der Waals surface area (Å²) in [6.07, 6.45) is 7.85. The van der Waals surface area contributed by atoms with Crippen molar-refractivity contribution < 1.29 is 14.3 Å². The normalized spacial score (nSPS) is 15.2. The first-order chi connectivity index (χ1) is 18.4. The van der Waals surface area contributed by atoms with Gasteiger partial charge in [-0.15, -0.1) is 0 Å². The standard InChI is InChI=1S/C30H31N3O5/c1-17(2)16-37-20-12-10-18(11-13-20)23-24-29(33(32-30(24)36)19-8-6-4-3-5-7-9-19)31-25-21-14-15-22(34)26(35)27(21)38-28(23)25/h10-15,19,31,35H,1,3-9,16H2,2H3,(H,32,36). The number of rotatable bonds is 5. The van der Waals surface area contributed by atoms with E-state index in [9.17, 15) is 14.7 Å². The maximum atomic E-state index is 13.5. The molecule has 0 atom stereocenters. The van der Waals surface area contributed by atoms with Gasteiger partial charge in [-0.05, 0) is 55.2 Å². The van der Waals surface area contributed by atoms with E-state index in [-0.39, 0.29) is 17.2 Å². The lowest BCUT2D eigenvalue weighted by Crippen LogP contribution is -2.15. The van der Waals surface area contributed by atoms with Crippen LogP contribution in [0.25, 0.3) is 44.2 Å². The molecule has 3 aromatic heterocycles. The van der Waals surface area contributed by atoms with Gasteiger partial charge in [-0.25, -0.2) is 0 Å². The molecular weight excluding hydrogens is 482 g/mol. The number of hydrogen-bond donors (Lipinski definition) is 3. The topological polar surface area (TPSA) is 113 Å². The van der Waals surface area contributed by atoms with E-state index in [1.165, 1.54) is 25.3 Å². The average molecular weight is 514 g/mol. The first-order valence-corrected chi connectivity index (χ1v) is 13.2. The van der Waals surface area contributed by atoms with E-state index in [1.54, 1.807) is 6.07 Å². The molecule has 0 amide bonds. The van der Waals surface area contributed by atoms with Gasteiger partial charge in [0.25, 0.3) is 5.56 Å². The molecule has 0 saturated heterocycles. The van der Waals surface area contributed by atoms with Crippen LogP contribution >= 0.6 is 0 Å². The Morgan fingerprint density at radius 1 is 1.05 bits per heavy atom. The van der Waals surface area contributed by atoms with Gasteiger partial charge in [0.05, 0.1) is 16.9 Å². The van der Waals surface area contributed by atoms with Gasteiger partial charge >= 0.3 is 0 Å². The number of phenolic OH excluding ortho intramolecular Hbond substituents is 1. The monoisotopic (exact) mass is 513 g/mol. The van der Waals surface area contributed by atoms with Crippen LogP contribution in [0.1, 0.15) is 57.9 Å². The van der Waals surface area contributed by atoms with Crippen LogP contribution in [0.15, 0.2) is 62.6 Å². The molecular formula is C30H31N3O5. The minimum Gasteiger partial charge on any atom is -0.502 e. The highest BCUT2D eigenvalue weighted by atomic mass is 16.5. The van der Waals surface area contributed by atoms with E-state index >= 15 is 0 Å². The Kier molecular flexibility index (Phi) is 6.10. The molecule has 0 aliphatic heterocycles. The fourth-order valence-electron chi connectivity index (χ4n) is 5.63. The molecule has 1 fully saturated rings. The van der Waals surface area contributed by atoms with E-state index in [0.717, 1.165) is 36.8 Å². The molecule has 5 aromatic rings. The van der Waals surface area contributed by atoms with Crippen molar-refractivity contribution in [1.29, 1.82) is 0 Å². The summed E-state index contributed by atoms with van der Waals surface area (Å²) in [5.74, 6) is 0.244.